The number of carbonyl (C=O) groups excluding carboxylic acids is 1. The molecular weight excluding hydrogens is 292 g/mol. The average Bonchev–Trinajstić information content (AvgIpc) is 2.57. The summed E-state index contributed by atoms with van der Waals surface area (Å²) in [7, 11) is 0. The number of carbonyl (C=O) groups is 1. The minimum Gasteiger partial charge on any atom is -0.439 e. The Hall–Kier alpha value is -2.63. The van der Waals surface area contributed by atoms with Crippen molar-refractivity contribution < 1.29 is 9.53 Å². The summed E-state index contributed by atoms with van der Waals surface area (Å²) in [4.78, 5) is 15.5. The summed E-state index contributed by atoms with van der Waals surface area (Å²) < 4.78 is 5.83. The monoisotopic (exact) mass is 314 g/mol. The number of ether oxygens (including phenoxy) is 1. The van der Waals surface area contributed by atoms with Gasteiger partial charge in [-0.3, -0.25) is 4.79 Å². The molecule has 2 aliphatic rings. The van der Waals surface area contributed by atoms with Crippen molar-refractivity contribution in [3.05, 3.63) is 48.7 Å². The summed E-state index contributed by atoms with van der Waals surface area (Å²) in [5.41, 5.74) is 6.39. The Labute approximate surface area is 136 Å². The van der Waals surface area contributed by atoms with E-state index >= 15 is 0 Å². The molecule has 1 amide bonds. The zero-order valence-corrected chi connectivity index (χ0v) is 13.2. The third-order valence-corrected chi connectivity index (χ3v) is 4.18. The summed E-state index contributed by atoms with van der Waals surface area (Å²) in [5, 5.41) is 3.10. The van der Waals surface area contributed by atoms with Crippen LogP contribution in [0.15, 0.2) is 48.7 Å². The van der Waals surface area contributed by atoms with Crippen LogP contribution in [0.25, 0.3) is 0 Å². The Kier molecular flexibility index (Phi) is 4.41. The van der Waals surface area contributed by atoms with E-state index in [1.54, 1.807) is 6.92 Å². The number of nitrogens with two attached hydrogens (primary N) is 1. The molecule has 1 fully saturated rings. The molecule has 0 aromatic heterocycles. The van der Waals surface area contributed by atoms with Crippen molar-refractivity contribution in [1.82, 2.24) is 15.1 Å². The number of benzene rings is 1. The predicted molar refractivity (Wildman–Crippen MR) is 89.0 cm³/mol. The Balaban J connectivity index is 1.61. The SMILES string of the molecule is CC(=O)N1CCC(N2C=CNC(Oc3ccc(N)cc3)=C2)CC1. The van der Waals surface area contributed by atoms with Crippen molar-refractivity contribution in [2.45, 2.75) is 25.8 Å². The van der Waals surface area contributed by atoms with Crippen LogP contribution in [0.1, 0.15) is 19.8 Å². The van der Waals surface area contributed by atoms with Crippen molar-refractivity contribution in [3.8, 4) is 5.75 Å². The summed E-state index contributed by atoms with van der Waals surface area (Å²) in [6, 6.07) is 7.68. The molecule has 3 N–H and O–H groups in total. The van der Waals surface area contributed by atoms with E-state index in [9.17, 15) is 4.79 Å². The molecule has 0 aliphatic carbocycles. The lowest BCUT2D eigenvalue weighted by Gasteiger charge is -2.37. The van der Waals surface area contributed by atoms with Gasteiger partial charge < -0.3 is 25.6 Å². The number of nitrogen functional groups attached to an aromatic ring is 1. The molecule has 2 aliphatic heterocycles. The molecule has 2 heterocycles. The highest BCUT2D eigenvalue weighted by Crippen LogP contribution is 2.21. The molecule has 122 valence electrons. The van der Waals surface area contributed by atoms with Gasteiger partial charge in [0.1, 0.15) is 5.75 Å². The van der Waals surface area contributed by atoms with Crippen molar-refractivity contribution in [1.29, 1.82) is 0 Å². The first kappa shape index (κ1) is 15.3. The minimum absolute atomic E-state index is 0.155. The summed E-state index contributed by atoms with van der Waals surface area (Å²) >= 11 is 0. The van der Waals surface area contributed by atoms with Gasteiger partial charge in [-0.25, -0.2) is 0 Å². The van der Waals surface area contributed by atoms with E-state index < -0.39 is 0 Å². The molecule has 0 bridgehead atoms. The molecule has 0 unspecified atom stereocenters. The van der Waals surface area contributed by atoms with Crippen LogP contribution >= 0.6 is 0 Å². The molecule has 0 atom stereocenters. The number of rotatable bonds is 3. The molecular formula is C17H22N4O2. The van der Waals surface area contributed by atoms with E-state index in [0.717, 1.165) is 31.7 Å². The predicted octanol–water partition coefficient (Wildman–Crippen LogP) is 1.83. The third kappa shape index (κ3) is 3.77. The van der Waals surface area contributed by atoms with Gasteiger partial charge in [0.05, 0.1) is 6.20 Å². The molecule has 23 heavy (non-hydrogen) atoms. The highest BCUT2D eigenvalue weighted by atomic mass is 16.5. The average molecular weight is 314 g/mol. The Morgan fingerprint density at radius 2 is 1.96 bits per heavy atom. The number of hydrogen-bond donors (Lipinski definition) is 2. The second kappa shape index (κ2) is 6.64. The van der Waals surface area contributed by atoms with E-state index in [2.05, 4.69) is 10.2 Å². The minimum atomic E-state index is 0.155. The van der Waals surface area contributed by atoms with Crippen LogP contribution < -0.4 is 15.8 Å². The van der Waals surface area contributed by atoms with Gasteiger partial charge in [-0.05, 0) is 37.1 Å². The summed E-state index contributed by atoms with van der Waals surface area (Å²) in [6.45, 7) is 3.24. The number of amides is 1. The maximum atomic E-state index is 11.4. The standard InChI is InChI=1S/C17H22N4O2/c1-13(22)20-9-6-15(7-10-20)21-11-8-19-17(12-21)23-16-4-2-14(18)3-5-16/h2-5,8,11-12,15,19H,6-7,9-10,18H2,1H3. The van der Waals surface area contributed by atoms with Crippen molar-refractivity contribution in [3.63, 3.8) is 0 Å². The van der Waals surface area contributed by atoms with Gasteiger partial charge in [-0.1, -0.05) is 0 Å². The number of nitrogens with one attached hydrogen (secondary N) is 1. The van der Waals surface area contributed by atoms with Crippen LogP contribution in [-0.2, 0) is 4.79 Å². The fourth-order valence-corrected chi connectivity index (χ4v) is 2.85. The van der Waals surface area contributed by atoms with Gasteiger partial charge in [0.15, 0.2) is 0 Å². The molecule has 0 saturated carbocycles. The molecule has 6 nitrogen and oxygen atoms in total. The first-order chi connectivity index (χ1) is 11.1. The lowest BCUT2D eigenvalue weighted by molar-refractivity contribution is -0.130. The van der Waals surface area contributed by atoms with E-state index in [-0.39, 0.29) is 5.91 Å². The highest BCUT2D eigenvalue weighted by Gasteiger charge is 2.24. The largest absolute Gasteiger partial charge is 0.439 e. The number of likely N-dealkylation sites (tertiary alicyclic amines) is 1. The van der Waals surface area contributed by atoms with Gasteiger partial charge in [0.2, 0.25) is 11.8 Å². The topological polar surface area (TPSA) is 70.8 Å². The Bertz CT molecular complexity index is 616. The van der Waals surface area contributed by atoms with Crippen LogP contribution in [0.3, 0.4) is 0 Å². The van der Waals surface area contributed by atoms with Crippen LogP contribution in [-0.4, -0.2) is 34.8 Å². The highest BCUT2D eigenvalue weighted by molar-refractivity contribution is 5.73. The third-order valence-electron chi connectivity index (χ3n) is 4.18. The molecule has 0 radical (unpaired) electrons. The Morgan fingerprint density at radius 1 is 1.26 bits per heavy atom. The van der Waals surface area contributed by atoms with Crippen LogP contribution in [0.4, 0.5) is 5.69 Å². The van der Waals surface area contributed by atoms with Gasteiger partial charge in [-0.2, -0.15) is 0 Å². The molecule has 6 heteroatoms. The maximum Gasteiger partial charge on any atom is 0.219 e. The molecule has 0 spiro atoms. The smallest absolute Gasteiger partial charge is 0.219 e. The van der Waals surface area contributed by atoms with Crippen molar-refractivity contribution >= 4 is 11.6 Å². The first-order valence-corrected chi connectivity index (χ1v) is 7.83. The number of hydrogen-bond acceptors (Lipinski definition) is 5. The van der Waals surface area contributed by atoms with Gasteiger partial charge in [0, 0.05) is 44.1 Å². The maximum absolute atomic E-state index is 11.4. The normalized spacial score (nSPS) is 18.4. The van der Waals surface area contributed by atoms with Crippen LogP contribution in [0.5, 0.6) is 5.75 Å². The molecule has 1 aromatic rings. The zero-order chi connectivity index (χ0) is 16.2. The zero-order valence-electron chi connectivity index (χ0n) is 13.2. The van der Waals surface area contributed by atoms with E-state index in [4.69, 9.17) is 10.5 Å². The first-order valence-electron chi connectivity index (χ1n) is 7.83. The second-order valence-corrected chi connectivity index (χ2v) is 5.81. The summed E-state index contributed by atoms with van der Waals surface area (Å²) in [6.07, 6.45) is 7.74. The fourth-order valence-electron chi connectivity index (χ4n) is 2.85. The lowest BCUT2D eigenvalue weighted by atomic mass is 10.0. The van der Waals surface area contributed by atoms with E-state index in [1.165, 1.54) is 0 Å². The summed E-state index contributed by atoms with van der Waals surface area (Å²) in [5.74, 6) is 1.56. The van der Waals surface area contributed by atoms with Crippen molar-refractivity contribution in [2.75, 3.05) is 18.8 Å². The number of piperidine rings is 1. The van der Waals surface area contributed by atoms with Crippen molar-refractivity contribution in [2.24, 2.45) is 0 Å². The van der Waals surface area contributed by atoms with Crippen LogP contribution in [0, 0.1) is 0 Å². The number of nitrogens with zero attached hydrogens (tertiary/aromatic N) is 2. The Morgan fingerprint density at radius 3 is 2.61 bits per heavy atom. The fraction of sp³-hybridized carbons (Fsp3) is 0.353. The van der Waals surface area contributed by atoms with Gasteiger partial charge in [-0.15, -0.1) is 0 Å². The molecule has 1 aromatic carbocycles. The molecule has 1 saturated heterocycles. The van der Waals surface area contributed by atoms with E-state index in [0.29, 0.717) is 17.6 Å². The molecule has 3 rings (SSSR count). The quantitative estimate of drug-likeness (QED) is 0.833. The van der Waals surface area contributed by atoms with Gasteiger partial charge >= 0.3 is 0 Å². The van der Waals surface area contributed by atoms with Gasteiger partial charge in [0.25, 0.3) is 0 Å². The van der Waals surface area contributed by atoms with Crippen LogP contribution in [0.2, 0.25) is 0 Å². The number of anilines is 1. The van der Waals surface area contributed by atoms with E-state index in [1.807, 2.05) is 47.8 Å². The lowest BCUT2D eigenvalue weighted by Crippen LogP contribution is -2.44. The second-order valence-electron chi connectivity index (χ2n) is 5.81.